The summed E-state index contributed by atoms with van der Waals surface area (Å²) in [5.41, 5.74) is 25.1. The smallest absolute Gasteiger partial charge is 0.351 e. The second-order valence-electron chi connectivity index (χ2n) is 3.05. The van der Waals surface area contributed by atoms with E-state index in [-0.39, 0.29) is 12.8 Å². The van der Waals surface area contributed by atoms with Crippen molar-refractivity contribution in [3.05, 3.63) is 0 Å². The van der Waals surface area contributed by atoms with Gasteiger partial charge >= 0.3 is 11.9 Å². The number of carbonyl (C=O) groups is 2. The van der Waals surface area contributed by atoms with Gasteiger partial charge in [0.1, 0.15) is 6.04 Å². The van der Waals surface area contributed by atoms with Crippen LogP contribution in [0.1, 0.15) is 12.8 Å². The normalized spacial score (nSPS) is 10.9. The summed E-state index contributed by atoms with van der Waals surface area (Å²) < 4.78 is 0. The van der Waals surface area contributed by atoms with E-state index in [9.17, 15) is 9.59 Å². The molecule has 0 fully saturated rings. The minimum absolute atomic E-state index is 0.0440. The molecule has 102 valence electrons. The molecule has 0 spiro atoms. The Morgan fingerprint density at radius 2 is 1.50 bits per heavy atom. The van der Waals surface area contributed by atoms with E-state index >= 15 is 0 Å². The van der Waals surface area contributed by atoms with Crippen LogP contribution < -0.4 is 28.7 Å². The third-order valence-corrected chi connectivity index (χ3v) is 1.46. The van der Waals surface area contributed by atoms with E-state index < -0.39 is 29.9 Å². The van der Waals surface area contributed by atoms with Crippen LogP contribution in [0.3, 0.4) is 0 Å². The first kappa shape index (κ1) is 15.4. The Hall–Kier alpha value is -2.56. The zero-order valence-electron chi connectivity index (χ0n) is 9.41. The average Bonchev–Trinajstić information content (AvgIpc) is 2.30. The second-order valence-corrected chi connectivity index (χ2v) is 3.05. The lowest BCUT2D eigenvalue weighted by Gasteiger charge is -2.06. The molecule has 11 heteroatoms. The molecule has 0 rings (SSSR count). The Kier molecular flexibility index (Phi) is 6.58. The van der Waals surface area contributed by atoms with Crippen molar-refractivity contribution in [1.29, 1.82) is 0 Å². The van der Waals surface area contributed by atoms with Gasteiger partial charge in [-0.25, -0.2) is 9.59 Å². The van der Waals surface area contributed by atoms with Crippen molar-refractivity contribution >= 4 is 23.9 Å². The summed E-state index contributed by atoms with van der Waals surface area (Å²) >= 11 is 0. The SMILES string of the molecule is NC(N)=NOC(=O)CC[C@H](N)C(=O)ON=C(N)N. The highest BCUT2D eigenvalue weighted by atomic mass is 16.7. The molecule has 1 atom stereocenters. The van der Waals surface area contributed by atoms with Crippen LogP contribution in [0.2, 0.25) is 0 Å². The summed E-state index contributed by atoms with van der Waals surface area (Å²) in [5.74, 6) is -2.48. The van der Waals surface area contributed by atoms with Gasteiger partial charge in [-0.3, -0.25) is 0 Å². The lowest BCUT2D eigenvalue weighted by Crippen LogP contribution is -2.33. The Balaban J connectivity index is 3.99. The molecule has 0 aliphatic rings. The summed E-state index contributed by atoms with van der Waals surface area (Å²) in [7, 11) is 0. The minimum Gasteiger partial charge on any atom is -0.367 e. The van der Waals surface area contributed by atoms with Crippen molar-refractivity contribution in [1.82, 2.24) is 0 Å². The maximum atomic E-state index is 11.1. The first-order valence-corrected chi connectivity index (χ1v) is 4.67. The molecule has 0 unspecified atom stereocenters. The third kappa shape index (κ3) is 7.70. The van der Waals surface area contributed by atoms with Gasteiger partial charge in [-0.2, -0.15) is 0 Å². The fourth-order valence-corrected chi connectivity index (χ4v) is 0.706. The first-order chi connectivity index (χ1) is 8.32. The van der Waals surface area contributed by atoms with Crippen molar-refractivity contribution in [2.24, 2.45) is 39.0 Å². The lowest BCUT2D eigenvalue weighted by molar-refractivity contribution is -0.146. The van der Waals surface area contributed by atoms with Gasteiger partial charge < -0.3 is 38.3 Å². The molecule has 0 aliphatic carbocycles. The van der Waals surface area contributed by atoms with E-state index in [2.05, 4.69) is 20.0 Å². The van der Waals surface area contributed by atoms with Crippen molar-refractivity contribution in [2.45, 2.75) is 18.9 Å². The first-order valence-electron chi connectivity index (χ1n) is 4.67. The average molecular weight is 261 g/mol. The number of nitrogens with zero attached hydrogens (tertiary/aromatic N) is 2. The topological polar surface area (TPSA) is 207 Å². The predicted molar refractivity (Wildman–Crippen MR) is 61.0 cm³/mol. The maximum absolute atomic E-state index is 11.1. The van der Waals surface area contributed by atoms with Crippen molar-refractivity contribution in [3.8, 4) is 0 Å². The summed E-state index contributed by atoms with van der Waals surface area (Å²) in [4.78, 5) is 30.7. The Labute approximate surface area is 102 Å². The molecular weight excluding hydrogens is 246 g/mol. The maximum Gasteiger partial charge on any atom is 0.351 e. The van der Waals surface area contributed by atoms with Gasteiger partial charge in [-0.05, 0) is 16.7 Å². The highest BCUT2D eigenvalue weighted by molar-refractivity contribution is 5.80. The molecule has 18 heavy (non-hydrogen) atoms. The van der Waals surface area contributed by atoms with Gasteiger partial charge in [0.2, 0.25) is 11.9 Å². The molecular formula is C7H15N7O4. The number of hydrogen-bond acceptors (Lipinski definition) is 7. The Morgan fingerprint density at radius 3 is 2.00 bits per heavy atom. The van der Waals surface area contributed by atoms with Gasteiger partial charge in [0, 0.05) is 0 Å². The standard InChI is InChI=1S/C7H15N7O4/c8-3(5(16)18-14-7(11)12)1-2-4(15)17-13-6(9)10/h3H,1-2,8H2,(H4,9,10,13)(H4,11,12,14)/t3-/m0/s1. The molecule has 0 amide bonds. The molecule has 0 aromatic rings. The van der Waals surface area contributed by atoms with E-state index in [0.29, 0.717) is 0 Å². The number of guanidine groups is 2. The van der Waals surface area contributed by atoms with Gasteiger partial charge in [0.05, 0.1) is 6.42 Å². The number of hydrogen-bond donors (Lipinski definition) is 5. The van der Waals surface area contributed by atoms with Crippen LogP contribution in [0.15, 0.2) is 10.3 Å². The molecule has 11 nitrogen and oxygen atoms in total. The van der Waals surface area contributed by atoms with Crippen LogP contribution in [0.25, 0.3) is 0 Å². The van der Waals surface area contributed by atoms with E-state index in [1.165, 1.54) is 0 Å². The molecule has 0 aliphatic heterocycles. The van der Waals surface area contributed by atoms with Gasteiger partial charge in [0.25, 0.3) is 0 Å². The molecule has 10 N–H and O–H groups in total. The minimum atomic E-state index is -1.08. The van der Waals surface area contributed by atoms with E-state index in [0.717, 1.165) is 0 Å². The fourth-order valence-electron chi connectivity index (χ4n) is 0.706. The zero-order valence-corrected chi connectivity index (χ0v) is 9.41. The second kappa shape index (κ2) is 7.67. The predicted octanol–water partition coefficient (Wildman–Crippen LogP) is -3.44. The van der Waals surface area contributed by atoms with Crippen molar-refractivity contribution < 1.29 is 19.3 Å². The van der Waals surface area contributed by atoms with E-state index in [1.54, 1.807) is 0 Å². The van der Waals surface area contributed by atoms with Crippen LogP contribution in [-0.2, 0) is 19.3 Å². The van der Waals surface area contributed by atoms with Gasteiger partial charge in [-0.1, -0.05) is 0 Å². The summed E-state index contributed by atoms with van der Waals surface area (Å²) in [6.45, 7) is 0. The lowest BCUT2D eigenvalue weighted by atomic mass is 10.2. The monoisotopic (exact) mass is 261 g/mol. The molecule has 0 heterocycles. The molecule has 0 saturated heterocycles. The number of nitrogens with two attached hydrogens (primary N) is 5. The molecule has 0 radical (unpaired) electrons. The highest BCUT2D eigenvalue weighted by Crippen LogP contribution is 1.99. The number of oxime groups is 2. The summed E-state index contributed by atoms with van der Waals surface area (Å²) in [6, 6.07) is -1.08. The van der Waals surface area contributed by atoms with Gasteiger partial charge in [-0.15, -0.1) is 0 Å². The Morgan fingerprint density at radius 1 is 1.00 bits per heavy atom. The van der Waals surface area contributed by atoms with Crippen LogP contribution >= 0.6 is 0 Å². The molecule has 0 saturated carbocycles. The summed E-state index contributed by atoms with van der Waals surface area (Å²) in [5, 5.41) is 6.02. The highest BCUT2D eigenvalue weighted by Gasteiger charge is 2.17. The van der Waals surface area contributed by atoms with Gasteiger partial charge in [0.15, 0.2) is 0 Å². The number of carbonyl (C=O) groups excluding carboxylic acids is 2. The molecule has 0 aromatic carbocycles. The largest absolute Gasteiger partial charge is 0.367 e. The summed E-state index contributed by atoms with van der Waals surface area (Å²) in [6.07, 6.45) is -0.230. The van der Waals surface area contributed by atoms with Crippen molar-refractivity contribution in [3.63, 3.8) is 0 Å². The van der Waals surface area contributed by atoms with Crippen LogP contribution in [0.4, 0.5) is 0 Å². The van der Waals surface area contributed by atoms with E-state index in [4.69, 9.17) is 28.7 Å². The van der Waals surface area contributed by atoms with E-state index in [1.807, 2.05) is 0 Å². The van der Waals surface area contributed by atoms with Crippen LogP contribution in [0.5, 0.6) is 0 Å². The Bertz CT molecular complexity index is 359. The third-order valence-electron chi connectivity index (χ3n) is 1.46. The quantitative estimate of drug-likeness (QED) is 0.139. The van der Waals surface area contributed by atoms with Crippen LogP contribution in [0, 0.1) is 0 Å². The number of rotatable bonds is 6. The van der Waals surface area contributed by atoms with Crippen molar-refractivity contribution in [2.75, 3.05) is 0 Å². The zero-order chi connectivity index (χ0) is 14.1. The molecule has 0 bridgehead atoms. The fraction of sp³-hybridized carbons (Fsp3) is 0.429. The molecule has 0 aromatic heterocycles. The van der Waals surface area contributed by atoms with Crippen LogP contribution in [-0.4, -0.2) is 29.9 Å².